The number of amides is 2. The predicted octanol–water partition coefficient (Wildman–Crippen LogP) is 1.63. The zero-order valence-electron chi connectivity index (χ0n) is 13.7. The number of nitrogens with zero attached hydrogens (tertiary/aromatic N) is 1. The van der Waals surface area contributed by atoms with Crippen molar-refractivity contribution >= 4 is 33.2 Å². The Labute approximate surface area is 141 Å². The van der Waals surface area contributed by atoms with Crippen molar-refractivity contribution in [2.45, 2.75) is 31.6 Å². The molecule has 7 nitrogen and oxygen atoms in total. The smallest absolute Gasteiger partial charge is 0.243 e. The van der Waals surface area contributed by atoms with Gasteiger partial charge in [-0.1, -0.05) is 6.92 Å². The molecule has 0 aromatic heterocycles. The summed E-state index contributed by atoms with van der Waals surface area (Å²) in [6.07, 6.45) is 1.87. The summed E-state index contributed by atoms with van der Waals surface area (Å²) in [5, 5.41) is 5.26. The maximum Gasteiger partial charge on any atom is 0.243 e. The molecule has 1 aromatic carbocycles. The number of carbonyl (C=O) groups is 2. The third-order valence-electron chi connectivity index (χ3n) is 4.55. The highest BCUT2D eigenvalue weighted by Gasteiger charge is 2.31. The van der Waals surface area contributed by atoms with Crippen molar-refractivity contribution in [3.05, 3.63) is 18.2 Å². The minimum atomic E-state index is -3.62. The van der Waals surface area contributed by atoms with E-state index < -0.39 is 27.8 Å². The van der Waals surface area contributed by atoms with Crippen molar-refractivity contribution in [2.75, 3.05) is 23.7 Å². The van der Waals surface area contributed by atoms with E-state index in [4.69, 9.17) is 0 Å². The molecule has 2 aliphatic heterocycles. The Morgan fingerprint density at radius 1 is 1.08 bits per heavy atom. The van der Waals surface area contributed by atoms with Crippen LogP contribution in [0.4, 0.5) is 11.4 Å². The monoisotopic (exact) mass is 351 g/mol. The third-order valence-corrected chi connectivity index (χ3v) is 6.41. The molecule has 24 heavy (non-hydrogen) atoms. The van der Waals surface area contributed by atoms with Crippen molar-refractivity contribution in [1.82, 2.24) is 4.31 Å². The molecule has 1 saturated heterocycles. The molecule has 2 unspecified atom stereocenters. The van der Waals surface area contributed by atoms with Crippen molar-refractivity contribution in [1.29, 1.82) is 0 Å². The first-order valence-electron chi connectivity index (χ1n) is 8.05. The van der Waals surface area contributed by atoms with Gasteiger partial charge < -0.3 is 10.6 Å². The van der Waals surface area contributed by atoms with E-state index in [-0.39, 0.29) is 4.90 Å². The second-order valence-corrected chi connectivity index (χ2v) is 8.46. The average molecular weight is 351 g/mol. The molecule has 2 N–H and O–H groups in total. The number of anilines is 2. The minimum Gasteiger partial charge on any atom is -0.324 e. The van der Waals surface area contributed by atoms with Gasteiger partial charge in [-0.25, -0.2) is 8.42 Å². The largest absolute Gasteiger partial charge is 0.324 e. The maximum absolute atomic E-state index is 12.8. The number of sulfonamides is 1. The molecular formula is C16H21N3O4S. The van der Waals surface area contributed by atoms with Crippen LogP contribution in [0.1, 0.15) is 26.7 Å². The molecule has 0 aliphatic carbocycles. The lowest BCUT2D eigenvalue weighted by molar-refractivity contribution is -0.128. The van der Waals surface area contributed by atoms with Crippen LogP contribution in [0.5, 0.6) is 0 Å². The van der Waals surface area contributed by atoms with E-state index in [1.807, 2.05) is 6.92 Å². The topological polar surface area (TPSA) is 95.6 Å². The molecule has 8 heteroatoms. The van der Waals surface area contributed by atoms with Crippen molar-refractivity contribution < 1.29 is 18.0 Å². The van der Waals surface area contributed by atoms with Crippen LogP contribution in [-0.4, -0.2) is 37.6 Å². The SMILES string of the molecule is CC1CCCN(S(=O)(=O)c2ccc3c(c2)NC(=O)C(C)C(=O)N3)C1. The summed E-state index contributed by atoms with van der Waals surface area (Å²) in [6, 6.07) is 4.40. The Hall–Kier alpha value is -1.93. The van der Waals surface area contributed by atoms with Crippen LogP contribution >= 0.6 is 0 Å². The second-order valence-electron chi connectivity index (χ2n) is 6.52. The number of benzene rings is 1. The van der Waals surface area contributed by atoms with E-state index >= 15 is 0 Å². The van der Waals surface area contributed by atoms with Gasteiger partial charge in [-0.3, -0.25) is 9.59 Å². The Morgan fingerprint density at radius 3 is 2.42 bits per heavy atom. The van der Waals surface area contributed by atoms with Crippen LogP contribution in [0.15, 0.2) is 23.1 Å². The summed E-state index contributed by atoms with van der Waals surface area (Å²) in [6.45, 7) is 4.54. The molecule has 1 aromatic rings. The van der Waals surface area contributed by atoms with E-state index in [1.165, 1.54) is 29.4 Å². The zero-order valence-corrected chi connectivity index (χ0v) is 14.5. The standard InChI is InChI=1S/C16H21N3O4S/c1-10-4-3-7-19(9-10)24(22,23)12-5-6-13-14(8-12)18-16(21)11(2)15(20)17-13/h5-6,8,10-11H,3-4,7,9H2,1-2H3,(H,17,20)(H,18,21). The second kappa shape index (κ2) is 6.18. The maximum atomic E-state index is 12.8. The molecule has 3 rings (SSSR count). The van der Waals surface area contributed by atoms with Crippen LogP contribution in [0.3, 0.4) is 0 Å². The summed E-state index contributed by atoms with van der Waals surface area (Å²) in [7, 11) is -3.62. The lowest BCUT2D eigenvalue weighted by Gasteiger charge is -2.30. The Morgan fingerprint density at radius 2 is 1.75 bits per heavy atom. The van der Waals surface area contributed by atoms with Crippen LogP contribution < -0.4 is 10.6 Å². The number of nitrogens with one attached hydrogen (secondary N) is 2. The van der Waals surface area contributed by atoms with Gasteiger partial charge in [0.1, 0.15) is 5.92 Å². The number of hydrogen-bond donors (Lipinski definition) is 2. The third kappa shape index (κ3) is 3.03. The average Bonchev–Trinajstić information content (AvgIpc) is 2.64. The fraction of sp³-hybridized carbons (Fsp3) is 0.500. The van der Waals surface area contributed by atoms with Gasteiger partial charge in [-0.05, 0) is 43.9 Å². The Kier molecular flexibility index (Phi) is 4.35. The van der Waals surface area contributed by atoms with Crippen LogP contribution in [0.2, 0.25) is 0 Å². The number of hydrogen-bond acceptors (Lipinski definition) is 4. The van der Waals surface area contributed by atoms with Gasteiger partial charge in [-0.15, -0.1) is 0 Å². The summed E-state index contributed by atoms with van der Waals surface area (Å²) in [4.78, 5) is 23.9. The molecular weight excluding hydrogens is 330 g/mol. The molecule has 0 spiro atoms. The molecule has 1 fully saturated rings. The highest BCUT2D eigenvalue weighted by molar-refractivity contribution is 7.89. The van der Waals surface area contributed by atoms with Crippen LogP contribution in [0.25, 0.3) is 0 Å². The van der Waals surface area contributed by atoms with E-state index in [0.29, 0.717) is 30.4 Å². The van der Waals surface area contributed by atoms with Gasteiger partial charge in [-0.2, -0.15) is 4.31 Å². The van der Waals surface area contributed by atoms with Crippen LogP contribution in [0, 0.1) is 11.8 Å². The first-order valence-corrected chi connectivity index (χ1v) is 9.49. The molecule has 0 radical (unpaired) electrons. The van der Waals surface area contributed by atoms with Crippen LogP contribution in [-0.2, 0) is 19.6 Å². The summed E-state index contributed by atoms with van der Waals surface area (Å²) in [5.74, 6) is -1.37. The lowest BCUT2D eigenvalue weighted by atomic mass is 10.0. The molecule has 0 saturated carbocycles. The summed E-state index contributed by atoms with van der Waals surface area (Å²) >= 11 is 0. The molecule has 0 bridgehead atoms. The van der Waals surface area contributed by atoms with Crippen molar-refractivity contribution in [3.8, 4) is 0 Å². The fourth-order valence-electron chi connectivity index (χ4n) is 3.01. The number of carbonyl (C=O) groups excluding carboxylic acids is 2. The fourth-order valence-corrected chi connectivity index (χ4v) is 4.64. The molecule has 2 heterocycles. The minimum absolute atomic E-state index is 0.124. The van der Waals surface area contributed by atoms with Gasteiger partial charge in [0, 0.05) is 13.1 Å². The van der Waals surface area contributed by atoms with Gasteiger partial charge >= 0.3 is 0 Å². The lowest BCUT2D eigenvalue weighted by Crippen LogP contribution is -2.39. The predicted molar refractivity (Wildman–Crippen MR) is 90.0 cm³/mol. The van der Waals surface area contributed by atoms with Gasteiger partial charge in [0.25, 0.3) is 0 Å². The van der Waals surface area contributed by atoms with Crippen molar-refractivity contribution in [3.63, 3.8) is 0 Å². The van der Waals surface area contributed by atoms with E-state index in [2.05, 4.69) is 10.6 Å². The number of fused-ring (bicyclic) bond motifs is 1. The zero-order chi connectivity index (χ0) is 17.5. The summed E-state index contributed by atoms with van der Waals surface area (Å²) < 4.78 is 27.2. The summed E-state index contributed by atoms with van der Waals surface area (Å²) in [5.41, 5.74) is 0.715. The molecule has 2 amide bonds. The Bertz CT molecular complexity index is 791. The quantitative estimate of drug-likeness (QED) is 0.792. The molecule has 2 atom stereocenters. The highest BCUT2D eigenvalue weighted by atomic mass is 32.2. The normalized spacial score (nSPS) is 25.4. The number of rotatable bonds is 2. The van der Waals surface area contributed by atoms with E-state index in [9.17, 15) is 18.0 Å². The van der Waals surface area contributed by atoms with E-state index in [0.717, 1.165) is 12.8 Å². The van der Waals surface area contributed by atoms with E-state index in [1.54, 1.807) is 0 Å². The number of piperidine rings is 1. The van der Waals surface area contributed by atoms with Crippen molar-refractivity contribution in [2.24, 2.45) is 11.8 Å². The van der Waals surface area contributed by atoms with Gasteiger partial charge in [0.05, 0.1) is 16.3 Å². The molecule has 2 aliphatic rings. The van der Waals surface area contributed by atoms with Gasteiger partial charge in [0.2, 0.25) is 21.8 Å². The highest BCUT2D eigenvalue weighted by Crippen LogP contribution is 2.31. The first-order chi connectivity index (χ1) is 11.3. The Balaban J connectivity index is 1.95. The van der Waals surface area contributed by atoms with Gasteiger partial charge in [0.15, 0.2) is 0 Å². The first kappa shape index (κ1) is 16.9. The molecule has 130 valence electrons.